The molecule has 2 aromatic carbocycles. The predicted octanol–water partition coefficient (Wildman–Crippen LogP) is 2.45. The van der Waals surface area contributed by atoms with Crippen molar-refractivity contribution in [3.8, 4) is 0 Å². The van der Waals surface area contributed by atoms with Gasteiger partial charge < -0.3 is 10.2 Å². The predicted molar refractivity (Wildman–Crippen MR) is 108 cm³/mol. The maximum Gasteiger partial charge on any atom is 0.328 e. The maximum absolute atomic E-state index is 12.6. The number of aliphatic carboxylic acids is 2. The first-order chi connectivity index (χ1) is 13.8. The number of sulfone groups is 1. The molecule has 2 N–H and O–H groups in total. The van der Waals surface area contributed by atoms with Crippen LogP contribution in [0.15, 0.2) is 77.7 Å². The van der Waals surface area contributed by atoms with Crippen LogP contribution in [0.2, 0.25) is 0 Å². The van der Waals surface area contributed by atoms with E-state index < -0.39 is 21.8 Å². The summed E-state index contributed by atoms with van der Waals surface area (Å²) < 4.78 is 25.2. The zero-order valence-electron chi connectivity index (χ0n) is 15.7. The molecule has 7 nitrogen and oxygen atoms in total. The van der Waals surface area contributed by atoms with Gasteiger partial charge >= 0.3 is 11.9 Å². The Balaban J connectivity index is 0.000000321. The molecular formula is C21H23NO6S. The van der Waals surface area contributed by atoms with E-state index in [4.69, 9.17) is 10.2 Å². The van der Waals surface area contributed by atoms with Crippen molar-refractivity contribution in [2.24, 2.45) is 0 Å². The number of rotatable bonds is 6. The molecule has 1 fully saturated rings. The second-order valence-corrected chi connectivity index (χ2v) is 8.73. The van der Waals surface area contributed by atoms with Gasteiger partial charge in [-0.15, -0.1) is 0 Å². The number of carboxylic acids is 2. The second kappa shape index (κ2) is 10.5. The molecular weight excluding hydrogens is 394 g/mol. The Bertz CT molecular complexity index is 926. The summed E-state index contributed by atoms with van der Waals surface area (Å²) in [5.74, 6) is -2.51. The lowest BCUT2D eigenvalue weighted by molar-refractivity contribution is -0.134. The standard InChI is InChI=1S/C17H19NO2S.C4H4O4/c19-21(20,16-9-5-2-6-10-16)17-11-12-18(14-17)13-15-7-3-1-4-8-15;5-3(6)1-2-4(7)8/h1-10,17H,11-14H2;1-2H,(H,5,6)(H,7,8)/b;2-1-. The third kappa shape index (κ3) is 7.17. The molecule has 0 saturated carbocycles. The highest BCUT2D eigenvalue weighted by Gasteiger charge is 2.33. The van der Waals surface area contributed by atoms with Gasteiger partial charge in [-0.2, -0.15) is 0 Å². The normalized spacial score (nSPS) is 16.9. The van der Waals surface area contributed by atoms with Gasteiger partial charge in [-0.05, 0) is 30.7 Å². The summed E-state index contributed by atoms with van der Waals surface area (Å²) in [6.07, 6.45) is 1.83. The van der Waals surface area contributed by atoms with Crippen molar-refractivity contribution in [3.05, 3.63) is 78.4 Å². The van der Waals surface area contributed by atoms with Gasteiger partial charge in [-0.25, -0.2) is 18.0 Å². The highest BCUT2D eigenvalue weighted by molar-refractivity contribution is 7.92. The summed E-state index contributed by atoms with van der Waals surface area (Å²) >= 11 is 0. The number of benzene rings is 2. The Morgan fingerprint density at radius 2 is 1.45 bits per heavy atom. The Morgan fingerprint density at radius 1 is 0.931 bits per heavy atom. The van der Waals surface area contributed by atoms with Crippen molar-refractivity contribution in [1.29, 1.82) is 0 Å². The van der Waals surface area contributed by atoms with Gasteiger partial charge in [-0.3, -0.25) is 4.90 Å². The lowest BCUT2D eigenvalue weighted by atomic mass is 10.2. The van der Waals surface area contributed by atoms with Gasteiger partial charge in [0.15, 0.2) is 9.84 Å². The van der Waals surface area contributed by atoms with Crippen LogP contribution in [-0.4, -0.2) is 53.8 Å². The first-order valence-corrected chi connectivity index (χ1v) is 10.5. The third-order valence-electron chi connectivity index (χ3n) is 4.36. The molecule has 1 saturated heterocycles. The number of carbonyl (C=O) groups is 2. The Hall–Kier alpha value is -2.97. The average Bonchev–Trinajstić information content (AvgIpc) is 3.18. The van der Waals surface area contributed by atoms with E-state index in [9.17, 15) is 18.0 Å². The van der Waals surface area contributed by atoms with Crippen molar-refractivity contribution >= 4 is 21.8 Å². The summed E-state index contributed by atoms with van der Waals surface area (Å²) in [6, 6.07) is 19.0. The van der Waals surface area contributed by atoms with Crippen molar-refractivity contribution in [3.63, 3.8) is 0 Å². The first kappa shape index (κ1) is 22.3. The summed E-state index contributed by atoms with van der Waals surface area (Å²) in [5.41, 5.74) is 1.23. The van der Waals surface area contributed by atoms with Crippen LogP contribution in [0.5, 0.6) is 0 Å². The van der Waals surface area contributed by atoms with Gasteiger partial charge in [0.2, 0.25) is 0 Å². The number of hydrogen-bond donors (Lipinski definition) is 2. The van der Waals surface area contributed by atoms with Crippen LogP contribution in [0.4, 0.5) is 0 Å². The molecule has 1 aliphatic rings. The molecule has 1 unspecified atom stereocenters. The van der Waals surface area contributed by atoms with E-state index in [0.29, 0.717) is 30.0 Å². The van der Waals surface area contributed by atoms with Crippen LogP contribution < -0.4 is 0 Å². The molecule has 3 rings (SSSR count). The summed E-state index contributed by atoms with van der Waals surface area (Å²) in [4.78, 5) is 21.8. The van der Waals surface area contributed by atoms with Crippen molar-refractivity contribution in [2.45, 2.75) is 23.1 Å². The smallest absolute Gasteiger partial charge is 0.328 e. The molecule has 0 spiro atoms. The highest BCUT2D eigenvalue weighted by Crippen LogP contribution is 2.24. The molecule has 1 atom stereocenters. The molecule has 0 radical (unpaired) electrons. The number of nitrogens with zero attached hydrogens (tertiary/aromatic N) is 1. The summed E-state index contributed by atoms with van der Waals surface area (Å²) in [6.45, 7) is 2.28. The summed E-state index contributed by atoms with van der Waals surface area (Å²) in [7, 11) is -3.21. The Labute approximate surface area is 169 Å². The molecule has 154 valence electrons. The minimum absolute atomic E-state index is 0.288. The highest BCUT2D eigenvalue weighted by atomic mass is 32.2. The van der Waals surface area contributed by atoms with Crippen molar-refractivity contribution < 1.29 is 28.2 Å². The van der Waals surface area contributed by atoms with E-state index in [1.54, 1.807) is 24.3 Å². The topological polar surface area (TPSA) is 112 Å². The summed E-state index contributed by atoms with van der Waals surface area (Å²) in [5, 5.41) is 15.3. The van der Waals surface area contributed by atoms with E-state index in [0.717, 1.165) is 13.1 Å². The van der Waals surface area contributed by atoms with Gasteiger partial charge in [-0.1, -0.05) is 48.5 Å². The monoisotopic (exact) mass is 417 g/mol. The van der Waals surface area contributed by atoms with E-state index in [1.807, 2.05) is 24.3 Å². The molecule has 29 heavy (non-hydrogen) atoms. The van der Waals surface area contributed by atoms with Crippen molar-refractivity contribution in [1.82, 2.24) is 4.90 Å². The van der Waals surface area contributed by atoms with Gasteiger partial charge in [0.05, 0.1) is 10.1 Å². The van der Waals surface area contributed by atoms with Gasteiger partial charge in [0.1, 0.15) is 0 Å². The van der Waals surface area contributed by atoms with Crippen LogP contribution in [0.3, 0.4) is 0 Å². The molecule has 0 amide bonds. The fraction of sp³-hybridized carbons (Fsp3) is 0.238. The van der Waals surface area contributed by atoms with Gasteiger partial charge in [0, 0.05) is 25.2 Å². The second-order valence-electron chi connectivity index (χ2n) is 6.50. The van der Waals surface area contributed by atoms with Crippen LogP contribution in [0.1, 0.15) is 12.0 Å². The Morgan fingerprint density at radius 3 is 1.97 bits per heavy atom. The van der Waals surface area contributed by atoms with Crippen molar-refractivity contribution in [2.75, 3.05) is 13.1 Å². The fourth-order valence-corrected chi connectivity index (χ4v) is 4.72. The quantitative estimate of drug-likeness (QED) is 0.694. The molecule has 1 aliphatic heterocycles. The lowest BCUT2D eigenvalue weighted by Gasteiger charge is -2.16. The maximum atomic E-state index is 12.6. The number of likely N-dealkylation sites (tertiary alicyclic amines) is 1. The molecule has 2 aromatic rings. The third-order valence-corrected chi connectivity index (χ3v) is 6.55. The van der Waals surface area contributed by atoms with Crippen LogP contribution in [0, 0.1) is 0 Å². The molecule has 8 heteroatoms. The zero-order chi connectivity index (χ0) is 21.3. The molecule has 1 heterocycles. The largest absolute Gasteiger partial charge is 0.478 e. The number of carboxylic acid groups (broad SMARTS) is 2. The minimum Gasteiger partial charge on any atom is -0.478 e. The fourth-order valence-electron chi connectivity index (χ4n) is 2.98. The Kier molecular flexibility index (Phi) is 8.11. The first-order valence-electron chi connectivity index (χ1n) is 8.98. The SMILES string of the molecule is O=C(O)/C=C\C(=O)O.O=S(=O)(c1ccccc1)C1CCN(Cc2ccccc2)C1. The number of hydrogen-bond acceptors (Lipinski definition) is 5. The van der Waals surface area contributed by atoms with E-state index in [-0.39, 0.29) is 5.25 Å². The van der Waals surface area contributed by atoms with Crippen LogP contribution >= 0.6 is 0 Å². The minimum atomic E-state index is -3.21. The van der Waals surface area contributed by atoms with E-state index in [2.05, 4.69) is 17.0 Å². The average molecular weight is 417 g/mol. The molecule has 0 aliphatic carbocycles. The van der Waals surface area contributed by atoms with Crippen LogP contribution in [0.25, 0.3) is 0 Å². The van der Waals surface area contributed by atoms with E-state index in [1.165, 1.54) is 5.56 Å². The molecule has 0 aromatic heterocycles. The van der Waals surface area contributed by atoms with Crippen LogP contribution in [-0.2, 0) is 26.0 Å². The zero-order valence-corrected chi connectivity index (χ0v) is 16.5. The van der Waals surface area contributed by atoms with E-state index >= 15 is 0 Å². The lowest BCUT2D eigenvalue weighted by Crippen LogP contribution is -2.26. The molecule has 0 bridgehead atoms. The van der Waals surface area contributed by atoms with Gasteiger partial charge in [0.25, 0.3) is 0 Å².